The van der Waals surface area contributed by atoms with Crippen LogP contribution in [-0.2, 0) is 9.59 Å². The van der Waals surface area contributed by atoms with Gasteiger partial charge in [-0.25, -0.2) is 4.98 Å². The average Bonchev–Trinajstić information content (AvgIpc) is 3.02. The smallest absolute Gasteiger partial charge is 0.315 e. The van der Waals surface area contributed by atoms with Gasteiger partial charge >= 0.3 is 11.8 Å². The van der Waals surface area contributed by atoms with Gasteiger partial charge in [0.15, 0.2) is 5.13 Å². The van der Waals surface area contributed by atoms with Gasteiger partial charge in [0, 0.05) is 0 Å². The molecule has 2 aromatic rings. The Morgan fingerprint density at radius 3 is 2.64 bits per heavy atom. The van der Waals surface area contributed by atoms with Crippen LogP contribution in [0.25, 0.3) is 0 Å². The summed E-state index contributed by atoms with van der Waals surface area (Å²) in [5.74, 6) is -0.631. The molecule has 0 aliphatic heterocycles. The van der Waals surface area contributed by atoms with Crippen LogP contribution in [0.3, 0.4) is 0 Å². The SMILES string of the molecule is CSc1cnc(NC(=O)C(=O)Nc2ccc(C)cc2OCC(C)C)s1. The van der Waals surface area contributed by atoms with Gasteiger partial charge in [0.2, 0.25) is 0 Å². The van der Waals surface area contributed by atoms with Crippen LogP contribution in [-0.4, -0.2) is 29.7 Å². The molecule has 25 heavy (non-hydrogen) atoms. The fourth-order valence-electron chi connectivity index (χ4n) is 1.85. The number of thioether (sulfide) groups is 1. The highest BCUT2D eigenvalue weighted by atomic mass is 32.2. The monoisotopic (exact) mass is 379 g/mol. The number of nitrogens with zero attached hydrogens (tertiary/aromatic N) is 1. The summed E-state index contributed by atoms with van der Waals surface area (Å²) in [5, 5.41) is 5.49. The molecule has 0 aliphatic rings. The highest BCUT2D eigenvalue weighted by Crippen LogP contribution is 2.27. The largest absolute Gasteiger partial charge is 0.491 e. The van der Waals surface area contributed by atoms with Crippen molar-refractivity contribution in [2.75, 3.05) is 23.5 Å². The van der Waals surface area contributed by atoms with Crippen LogP contribution >= 0.6 is 23.1 Å². The van der Waals surface area contributed by atoms with Gasteiger partial charge < -0.3 is 10.1 Å². The predicted octanol–water partition coefficient (Wildman–Crippen LogP) is 3.79. The highest BCUT2D eigenvalue weighted by Gasteiger charge is 2.18. The van der Waals surface area contributed by atoms with Crippen LogP contribution in [0.5, 0.6) is 5.75 Å². The summed E-state index contributed by atoms with van der Waals surface area (Å²) in [6.07, 6.45) is 3.57. The molecule has 1 heterocycles. The Hall–Kier alpha value is -2.06. The second-order valence-corrected chi connectivity index (χ2v) is 7.94. The average molecular weight is 380 g/mol. The number of anilines is 2. The molecule has 0 saturated carbocycles. The Bertz CT molecular complexity index is 759. The van der Waals surface area contributed by atoms with Crippen LogP contribution in [0.2, 0.25) is 0 Å². The third-order valence-corrected chi connectivity index (χ3v) is 5.04. The lowest BCUT2D eigenvalue weighted by atomic mass is 10.2. The van der Waals surface area contributed by atoms with Crippen molar-refractivity contribution in [1.29, 1.82) is 0 Å². The number of aryl methyl sites for hydroxylation is 1. The lowest BCUT2D eigenvalue weighted by Crippen LogP contribution is -2.29. The fraction of sp³-hybridized carbons (Fsp3) is 0.353. The van der Waals surface area contributed by atoms with Crippen LogP contribution in [0.15, 0.2) is 28.6 Å². The first-order valence-corrected chi connectivity index (χ1v) is 9.78. The van der Waals surface area contributed by atoms with Crippen LogP contribution in [0.1, 0.15) is 19.4 Å². The summed E-state index contributed by atoms with van der Waals surface area (Å²) in [6, 6.07) is 5.41. The van der Waals surface area contributed by atoms with E-state index in [1.807, 2.05) is 39.2 Å². The first-order chi connectivity index (χ1) is 11.9. The molecular weight excluding hydrogens is 358 g/mol. The number of nitrogens with one attached hydrogen (secondary N) is 2. The van der Waals surface area contributed by atoms with E-state index in [4.69, 9.17) is 4.74 Å². The third kappa shape index (κ3) is 5.75. The Balaban J connectivity index is 2.04. The molecule has 134 valence electrons. The number of benzene rings is 1. The number of hydrogen-bond donors (Lipinski definition) is 2. The molecule has 2 N–H and O–H groups in total. The minimum atomic E-state index is -0.766. The van der Waals surface area contributed by atoms with Crippen molar-refractivity contribution in [3.63, 3.8) is 0 Å². The van der Waals surface area contributed by atoms with Crippen molar-refractivity contribution >= 4 is 45.7 Å². The number of rotatable bonds is 6. The Labute approximate surface area is 155 Å². The van der Waals surface area contributed by atoms with Gasteiger partial charge in [-0.1, -0.05) is 31.3 Å². The molecule has 6 nitrogen and oxygen atoms in total. The minimum absolute atomic E-state index is 0.350. The van der Waals surface area contributed by atoms with Gasteiger partial charge in [-0.2, -0.15) is 0 Å². The number of hydrogen-bond acceptors (Lipinski definition) is 6. The van der Waals surface area contributed by atoms with E-state index >= 15 is 0 Å². The molecule has 1 aromatic heterocycles. The van der Waals surface area contributed by atoms with Crippen molar-refractivity contribution in [1.82, 2.24) is 4.98 Å². The minimum Gasteiger partial charge on any atom is -0.491 e. The normalized spacial score (nSPS) is 10.6. The molecule has 0 unspecified atom stereocenters. The first-order valence-electron chi connectivity index (χ1n) is 7.74. The van der Waals surface area contributed by atoms with Gasteiger partial charge in [0.05, 0.1) is 22.7 Å². The van der Waals surface area contributed by atoms with Gasteiger partial charge in [0.1, 0.15) is 5.75 Å². The van der Waals surface area contributed by atoms with Crippen molar-refractivity contribution in [2.45, 2.75) is 25.0 Å². The first kappa shape index (κ1) is 19.3. The molecule has 0 fully saturated rings. The zero-order valence-corrected chi connectivity index (χ0v) is 16.2. The van der Waals surface area contributed by atoms with E-state index in [0.717, 1.165) is 9.77 Å². The maximum absolute atomic E-state index is 12.2. The topological polar surface area (TPSA) is 80.3 Å². The van der Waals surface area contributed by atoms with Gasteiger partial charge in [-0.05, 0) is 36.8 Å². The number of aromatic nitrogens is 1. The van der Waals surface area contributed by atoms with Crippen LogP contribution in [0.4, 0.5) is 10.8 Å². The molecule has 2 rings (SSSR count). The number of thiazole rings is 1. The van der Waals surface area contributed by atoms with Crippen molar-refractivity contribution < 1.29 is 14.3 Å². The van der Waals surface area contributed by atoms with Gasteiger partial charge in [0.25, 0.3) is 0 Å². The Kier molecular flexibility index (Phi) is 6.83. The zero-order valence-electron chi connectivity index (χ0n) is 14.6. The second-order valence-electron chi connectivity index (χ2n) is 5.80. The van der Waals surface area contributed by atoms with Crippen LogP contribution < -0.4 is 15.4 Å². The molecule has 0 aliphatic carbocycles. The molecule has 8 heteroatoms. The number of carbonyl (C=O) groups is 2. The Morgan fingerprint density at radius 1 is 1.28 bits per heavy atom. The molecule has 0 atom stereocenters. The molecule has 0 saturated heterocycles. The fourth-order valence-corrected chi connectivity index (χ4v) is 3.13. The summed E-state index contributed by atoms with van der Waals surface area (Å²) in [7, 11) is 0. The molecule has 2 amide bonds. The van der Waals surface area contributed by atoms with E-state index in [2.05, 4.69) is 15.6 Å². The molecule has 0 radical (unpaired) electrons. The Morgan fingerprint density at radius 2 is 2.00 bits per heavy atom. The summed E-state index contributed by atoms with van der Waals surface area (Å²) in [5.41, 5.74) is 1.48. The van der Waals surface area contributed by atoms with Crippen LogP contribution in [0, 0.1) is 12.8 Å². The van der Waals surface area contributed by atoms with Gasteiger partial charge in [-0.3, -0.25) is 14.9 Å². The number of ether oxygens (including phenoxy) is 1. The standard InChI is InChI=1S/C17H21N3O3S2/c1-10(2)9-23-13-7-11(3)5-6-12(13)19-15(21)16(22)20-17-18-8-14(24-4)25-17/h5-8,10H,9H2,1-4H3,(H,19,21)(H,18,20,22). The summed E-state index contributed by atoms with van der Waals surface area (Å²) in [6.45, 7) is 6.54. The molecule has 0 bridgehead atoms. The van der Waals surface area contributed by atoms with E-state index in [1.165, 1.54) is 23.1 Å². The summed E-state index contributed by atoms with van der Waals surface area (Å²) < 4.78 is 6.69. The maximum atomic E-state index is 12.2. The molecular formula is C17H21N3O3S2. The number of amides is 2. The number of carbonyl (C=O) groups excluding carboxylic acids is 2. The van der Waals surface area contributed by atoms with E-state index in [-0.39, 0.29) is 0 Å². The summed E-state index contributed by atoms with van der Waals surface area (Å²) >= 11 is 2.84. The molecule has 1 aromatic carbocycles. The van der Waals surface area contributed by atoms with Crippen molar-refractivity contribution in [2.24, 2.45) is 5.92 Å². The van der Waals surface area contributed by atoms with E-state index in [9.17, 15) is 9.59 Å². The van der Waals surface area contributed by atoms with E-state index in [1.54, 1.807) is 12.3 Å². The molecule has 0 spiro atoms. The zero-order chi connectivity index (χ0) is 18.4. The van der Waals surface area contributed by atoms with E-state index < -0.39 is 11.8 Å². The second kappa shape index (κ2) is 8.87. The van der Waals surface area contributed by atoms with E-state index in [0.29, 0.717) is 29.1 Å². The lowest BCUT2D eigenvalue weighted by molar-refractivity contribution is -0.133. The third-order valence-electron chi connectivity index (χ3n) is 3.07. The predicted molar refractivity (Wildman–Crippen MR) is 103 cm³/mol. The van der Waals surface area contributed by atoms with Crippen molar-refractivity contribution in [3.05, 3.63) is 30.0 Å². The maximum Gasteiger partial charge on any atom is 0.315 e. The highest BCUT2D eigenvalue weighted by molar-refractivity contribution is 8.00. The quantitative estimate of drug-likeness (QED) is 0.590. The lowest BCUT2D eigenvalue weighted by Gasteiger charge is -2.14. The summed E-state index contributed by atoms with van der Waals surface area (Å²) in [4.78, 5) is 28.3. The van der Waals surface area contributed by atoms with Crippen molar-refractivity contribution in [3.8, 4) is 5.75 Å². The van der Waals surface area contributed by atoms with Gasteiger partial charge in [-0.15, -0.1) is 11.8 Å².